The number of benzene rings is 1. The summed E-state index contributed by atoms with van der Waals surface area (Å²) in [4.78, 5) is 0. The highest BCUT2D eigenvalue weighted by atomic mass is 35.5. The van der Waals surface area contributed by atoms with Gasteiger partial charge >= 0.3 is 0 Å². The van der Waals surface area contributed by atoms with Gasteiger partial charge in [0.25, 0.3) is 0 Å². The molecule has 94 valence electrons. The Morgan fingerprint density at radius 1 is 1.11 bits per heavy atom. The summed E-state index contributed by atoms with van der Waals surface area (Å²) >= 11 is 5.87. The van der Waals surface area contributed by atoms with Crippen LogP contribution in [0.1, 0.15) is 31.1 Å². The number of nitrogens with zero attached hydrogens (tertiary/aromatic N) is 2. The molecule has 2 rings (SSSR count). The Balaban J connectivity index is 2.05. The molecule has 18 heavy (non-hydrogen) atoms. The molecule has 1 aromatic carbocycles. The van der Waals surface area contributed by atoms with Crippen LogP contribution < -0.4 is 5.32 Å². The average Bonchev–Trinajstić information content (AvgIpc) is 2.40. The van der Waals surface area contributed by atoms with Gasteiger partial charge in [-0.05, 0) is 43.2 Å². The van der Waals surface area contributed by atoms with Crippen LogP contribution in [0.5, 0.6) is 0 Å². The van der Waals surface area contributed by atoms with Gasteiger partial charge in [0.1, 0.15) is 5.82 Å². The van der Waals surface area contributed by atoms with Gasteiger partial charge in [0.2, 0.25) is 0 Å². The first-order chi connectivity index (χ1) is 8.69. The molecule has 0 unspecified atom stereocenters. The molecule has 0 fully saturated rings. The van der Waals surface area contributed by atoms with E-state index in [0.29, 0.717) is 0 Å². The van der Waals surface area contributed by atoms with E-state index >= 15 is 0 Å². The van der Waals surface area contributed by atoms with E-state index in [4.69, 9.17) is 11.6 Å². The van der Waals surface area contributed by atoms with Gasteiger partial charge in [-0.25, -0.2) is 0 Å². The summed E-state index contributed by atoms with van der Waals surface area (Å²) in [5, 5.41) is 12.3. The smallest absolute Gasteiger partial charge is 0.149 e. The van der Waals surface area contributed by atoms with Crippen molar-refractivity contribution in [3.63, 3.8) is 0 Å². The molecule has 1 N–H and O–H groups in total. The van der Waals surface area contributed by atoms with Crippen molar-refractivity contribution in [2.75, 3.05) is 5.32 Å². The highest BCUT2D eigenvalue weighted by molar-refractivity contribution is 6.30. The van der Waals surface area contributed by atoms with Gasteiger partial charge in [-0.3, -0.25) is 0 Å². The first-order valence-corrected chi connectivity index (χ1v) is 6.41. The maximum absolute atomic E-state index is 5.87. The molecular formula is C14H16ClN3. The van der Waals surface area contributed by atoms with Crippen molar-refractivity contribution in [3.8, 4) is 0 Å². The molecule has 3 nitrogen and oxygen atoms in total. The molecular weight excluding hydrogens is 246 g/mol. The lowest BCUT2D eigenvalue weighted by Gasteiger charge is -2.14. The first kappa shape index (κ1) is 12.8. The number of rotatable bonds is 4. The predicted molar refractivity (Wildman–Crippen MR) is 74.9 cm³/mol. The molecule has 0 aliphatic rings. The minimum Gasteiger partial charge on any atom is -0.362 e. The van der Waals surface area contributed by atoms with Crippen LogP contribution in [-0.4, -0.2) is 10.2 Å². The van der Waals surface area contributed by atoms with Gasteiger partial charge in [-0.15, -0.1) is 5.10 Å². The van der Waals surface area contributed by atoms with Crippen molar-refractivity contribution in [3.05, 3.63) is 52.7 Å². The molecule has 0 amide bonds. The monoisotopic (exact) mass is 261 g/mol. The topological polar surface area (TPSA) is 37.8 Å². The van der Waals surface area contributed by atoms with E-state index < -0.39 is 0 Å². The number of hydrogen-bond donors (Lipinski definition) is 1. The first-order valence-electron chi connectivity index (χ1n) is 6.03. The Kier molecular flexibility index (Phi) is 4.15. The third-order valence-corrected chi connectivity index (χ3v) is 3.07. The normalized spacial score (nSPS) is 12.2. The average molecular weight is 262 g/mol. The van der Waals surface area contributed by atoms with Gasteiger partial charge in [-0.1, -0.05) is 30.7 Å². The van der Waals surface area contributed by atoms with Crippen LogP contribution in [0.4, 0.5) is 5.82 Å². The van der Waals surface area contributed by atoms with E-state index in [1.165, 1.54) is 5.56 Å². The van der Waals surface area contributed by atoms with Crippen LogP contribution in [0.2, 0.25) is 5.02 Å². The fourth-order valence-electron chi connectivity index (χ4n) is 1.68. The lowest BCUT2D eigenvalue weighted by molar-refractivity contribution is 0.847. The molecule has 0 saturated heterocycles. The van der Waals surface area contributed by atoms with Crippen LogP contribution in [0, 0.1) is 0 Å². The molecule has 0 radical (unpaired) electrons. The van der Waals surface area contributed by atoms with Gasteiger partial charge in [0.15, 0.2) is 0 Å². The fraction of sp³-hybridized carbons (Fsp3) is 0.286. The summed E-state index contributed by atoms with van der Waals surface area (Å²) in [6, 6.07) is 11.9. The van der Waals surface area contributed by atoms with Crippen LogP contribution in [0.25, 0.3) is 0 Å². The molecule has 1 heterocycles. The number of nitrogens with one attached hydrogen (secondary N) is 1. The molecule has 0 aliphatic carbocycles. The number of aromatic nitrogens is 2. The van der Waals surface area contributed by atoms with E-state index in [1.807, 2.05) is 36.4 Å². The summed E-state index contributed by atoms with van der Waals surface area (Å²) < 4.78 is 0. The largest absolute Gasteiger partial charge is 0.362 e. The molecule has 0 spiro atoms. The van der Waals surface area contributed by atoms with Crippen molar-refractivity contribution in [2.24, 2.45) is 0 Å². The highest BCUT2D eigenvalue weighted by Crippen LogP contribution is 2.19. The second kappa shape index (κ2) is 5.83. The zero-order chi connectivity index (χ0) is 13.0. The molecule has 1 atom stereocenters. The van der Waals surface area contributed by atoms with Crippen molar-refractivity contribution in [2.45, 2.75) is 26.3 Å². The van der Waals surface area contributed by atoms with Gasteiger partial charge in [-0.2, -0.15) is 5.10 Å². The van der Waals surface area contributed by atoms with E-state index in [9.17, 15) is 0 Å². The van der Waals surface area contributed by atoms with Crippen molar-refractivity contribution in [1.29, 1.82) is 0 Å². The minimum atomic E-state index is 0.170. The third-order valence-electron chi connectivity index (χ3n) is 2.82. The predicted octanol–water partition coefficient (Wildman–Crippen LogP) is 3.87. The maximum Gasteiger partial charge on any atom is 0.149 e. The Hall–Kier alpha value is -1.61. The second-order valence-electron chi connectivity index (χ2n) is 4.18. The van der Waals surface area contributed by atoms with Gasteiger partial charge in [0, 0.05) is 5.02 Å². The van der Waals surface area contributed by atoms with Gasteiger partial charge < -0.3 is 5.32 Å². The van der Waals surface area contributed by atoms with E-state index in [1.54, 1.807) is 0 Å². The van der Waals surface area contributed by atoms with E-state index in [-0.39, 0.29) is 6.04 Å². The standard InChI is InChI=1S/C14H16ClN3/c1-3-13-8-9-14(18-17-13)16-10(2)11-4-6-12(15)7-5-11/h4-10H,3H2,1-2H3,(H,16,18)/t10-/m0/s1. The van der Waals surface area contributed by atoms with Gasteiger partial charge in [0.05, 0.1) is 11.7 Å². The van der Waals surface area contributed by atoms with Crippen LogP contribution in [0.3, 0.4) is 0 Å². The number of aryl methyl sites for hydroxylation is 1. The SMILES string of the molecule is CCc1ccc(N[C@@H](C)c2ccc(Cl)cc2)nn1. The molecule has 0 aliphatic heterocycles. The summed E-state index contributed by atoms with van der Waals surface area (Å²) in [6.45, 7) is 4.14. The summed E-state index contributed by atoms with van der Waals surface area (Å²) in [5.74, 6) is 0.787. The Morgan fingerprint density at radius 2 is 1.83 bits per heavy atom. The fourth-order valence-corrected chi connectivity index (χ4v) is 1.81. The number of hydrogen-bond acceptors (Lipinski definition) is 3. The van der Waals surface area contributed by atoms with Crippen LogP contribution in [-0.2, 0) is 6.42 Å². The summed E-state index contributed by atoms with van der Waals surface area (Å²) in [5.41, 5.74) is 2.17. The second-order valence-corrected chi connectivity index (χ2v) is 4.62. The molecule has 0 saturated carbocycles. The zero-order valence-corrected chi connectivity index (χ0v) is 11.3. The zero-order valence-electron chi connectivity index (χ0n) is 10.5. The molecule has 1 aromatic heterocycles. The highest BCUT2D eigenvalue weighted by Gasteiger charge is 2.06. The van der Waals surface area contributed by atoms with Crippen molar-refractivity contribution < 1.29 is 0 Å². The third kappa shape index (κ3) is 3.20. The van der Waals surface area contributed by atoms with Crippen molar-refractivity contribution >= 4 is 17.4 Å². The van der Waals surface area contributed by atoms with E-state index in [0.717, 1.165) is 23.0 Å². The Labute approximate surface area is 112 Å². The van der Waals surface area contributed by atoms with Crippen LogP contribution in [0.15, 0.2) is 36.4 Å². The maximum atomic E-state index is 5.87. The Bertz CT molecular complexity index is 493. The number of halogens is 1. The van der Waals surface area contributed by atoms with E-state index in [2.05, 4.69) is 29.4 Å². The Morgan fingerprint density at radius 3 is 2.39 bits per heavy atom. The molecule has 2 aromatic rings. The summed E-state index contributed by atoms with van der Waals surface area (Å²) in [7, 11) is 0. The summed E-state index contributed by atoms with van der Waals surface area (Å²) in [6.07, 6.45) is 0.903. The lowest BCUT2D eigenvalue weighted by atomic mass is 10.1. The quantitative estimate of drug-likeness (QED) is 0.908. The van der Waals surface area contributed by atoms with Crippen LogP contribution >= 0.6 is 11.6 Å². The number of anilines is 1. The minimum absolute atomic E-state index is 0.170. The molecule has 0 bridgehead atoms. The van der Waals surface area contributed by atoms with Crippen molar-refractivity contribution in [1.82, 2.24) is 10.2 Å². The lowest BCUT2D eigenvalue weighted by Crippen LogP contribution is -2.08. The molecule has 4 heteroatoms.